The van der Waals surface area contributed by atoms with Gasteiger partial charge >= 0.3 is 6.18 Å². The van der Waals surface area contributed by atoms with Crippen LogP contribution in [0.5, 0.6) is 5.88 Å². The summed E-state index contributed by atoms with van der Waals surface area (Å²) in [6.07, 6.45) is -1.36. The maximum Gasteiger partial charge on any atom is 0.416 e. The Morgan fingerprint density at radius 2 is 1.77 bits per heavy atom. The van der Waals surface area contributed by atoms with Gasteiger partial charge in [0.25, 0.3) is 5.56 Å². The van der Waals surface area contributed by atoms with Crippen molar-refractivity contribution in [2.24, 2.45) is 0 Å². The molecule has 0 amide bonds. The van der Waals surface area contributed by atoms with E-state index >= 15 is 0 Å². The van der Waals surface area contributed by atoms with E-state index < -0.39 is 29.9 Å². The highest BCUT2D eigenvalue weighted by atomic mass is 19.4. The highest BCUT2D eigenvalue weighted by Crippen LogP contribution is 2.32. The van der Waals surface area contributed by atoms with E-state index in [-0.39, 0.29) is 11.7 Å². The monoisotopic (exact) mass is 534 g/mol. The summed E-state index contributed by atoms with van der Waals surface area (Å²) in [6.45, 7) is 3.30. The molecule has 3 heterocycles. The second-order valence-corrected chi connectivity index (χ2v) is 9.37. The van der Waals surface area contributed by atoms with Crippen molar-refractivity contribution >= 4 is 10.9 Å². The van der Waals surface area contributed by atoms with Crippen LogP contribution >= 0.6 is 0 Å². The largest absolute Gasteiger partial charge is 0.475 e. The van der Waals surface area contributed by atoms with E-state index in [1.54, 1.807) is 18.3 Å². The number of aliphatic hydroxyl groups is 1. The van der Waals surface area contributed by atoms with Gasteiger partial charge in [-0.3, -0.25) is 9.89 Å². The minimum Gasteiger partial charge on any atom is -0.475 e. The Hall–Kier alpha value is -4.44. The zero-order valence-electron chi connectivity index (χ0n) is 21.1. The van der Waals surface area contributed by atoms with E-state index in [1.165, 1.54) is 29.0 Å². The van der Waals surface area contributed by atoms with Crippen LogP contribution in [0.4, 0.5) is 13.2 Å². The fraction of sp³-hybridized carbons (Fsp3) is 0.207. The van der Waals surface area contributed by atoms with E-state index in [4.69, 9.17) is 4.74 Å². The van der Waals surface area contributed by atoms with Gasteiger partial charge in [0.15, 0.2) is 0 Å². The Kier molecular flexibility index (Phi) is 6.96. The Morgan fingerprint density at radius 3 is 2.44 bits per heavy atom. The molecule has 10 heteroatoms. The molecular formula is C29H25F3N4O3. The first kappa shape index (κ1) is 26.2. The van der Waals surface area contributed by atoms with Gasteiger partial charge in [-0.25, -0.2) is 4.98 Å². The number of aromatic amines is 1. The molecule has 200 valence electrons. The second kappa shape index (κ2) is 10.4. The number of aromatic nitrogens is 4. The van der Waals surface area contributed by atoms with Crippen molar-refractivity contribution in [3.63, 3.8) is 0 Å². The zero-order valence-corrected chi connectivity index (χ0v) is 21.1. The number of H-pyrrole nitrogens is 1. The molecule has 0 aliphatic carbocycles. The Morgan fingerprint density at radius 1 is 1.00 bits per heavy atom. The number of nitrogens with one attached hydrogen (secondary N) is 1. The Balaban J connectivity index is 1.47. The van der Waals surface area contributed by atoms with Crippen LogP contribution in [0.1, 0.15) is 31.0 Å². The van der Waals surface area contributed by atoms with Gasteiger partial charge in [0, 0.05) is 35.5 Å². The molecule has 0 aliphatic heterocycles. The molecule has 0 saturated carbocycles. The summed E-state index contributed by atoms with van der Waals surface area (Å²) >= 11 is 0. The van der Waals surface area contributed by atoms with E-state index in [2.05, 4.69) is 15.2 Å². The van der Waals surface area contributed by atoms with Crippen LogP contribution in [0.25, 0.3) is 33.3 Å². The minimum atomic E-state index is -4.53. The highest BCUT2D eigenvalue weighted by Gasteiger charge is 2.31. The van der Waals surface area contributed by atoms with Crippen molar-refractivity contribution in [2.45, 2.75) is 32.2 Å². The number of alkyl halides is 3. The third-order valence-corrected chi connectivity index (χ3v) is 6.32. The second-order valence-electron chi connectivity index (χ2n) is 9.37. The van der Waals surface area contributed by atoms with Crippen LogP contribution in [-0.4, -0.2) is 37.6 Å². The van der Waals surface area contributed by atoms with Crippen molar-refractivity contribution in [2.75, 3.05) is 6.61 Å². The number of hydrogen-bond acceptors (Lipinski definition) is 5. The first-order valence-electron chi connectivity index (χ1n) is 12.3. The molecule has 5 aromatic rings. The molecule has 1 unspecified atom stereocenters. The van der Waals surface area contributed by atoms with Crippen molar-refractivity contribution in [3.05, 3.63) is 101 Å². The summed E-state index contributed by atoms with van der Waals surface area (Å²) in [5.74, 6) is 0.515. The molecule has 0 fully saturated rings. The highest BCUT2D eigenvalue weighted by molar-refractivity contribution is 5.95. The molecule has 7 nitrogen and oxygen atoms in total. The van der Waals surface area contributed by atoms with Crippen LogP contribution in [0.2, 0.25) is 0 Å². The Bertz CT molecular complexity index is 1670. The summed E-state index contributed by atoms with van der Waals surface area (Å²) in [6, 6.07) is 16.0. The number of hydrogen-bond donors (Lipinski definition) is 2. The van der Waals surface area contributed by atoms with Crippen LogP contribution in [0.3, 0.4) is 0 Å². The molecule has 39 heavy (non-hydrogen) atoms. The molecule has 1 atom stereocenters. The summed E-state index contributed by atoms with van der Waals surface area (Å²) in [4.78, 5) is 17.4. The van der Waals surface area contributed by atoms with E-state index in [0.717, 1.165) is 34.2 Å². The molecule has 0 aliphatic rings. The van der Waals surface area contributed by atoms with Crippen molar-refractivity contribution in [1.29, 1.82) is 0 Å². The topological polar surface area (TPSA) is 93.0 Å². The molecule has 0 bridgehead atoms. The van der Waals surface area contributed by atoms with Gasteiger partial charge in [0.1, 0.15) is 5.69 Å². The number of pyridine rings is 2. The summed E-state index contributed by atoms with van der Waals surface area (Å²) in [5.41, 5.74) is 2.53. The number of ether oxygens (including phenoxy) is 1. The molecule has 3 aromatic heterocycles. The number of nitrogens with zero attached hydrogens (tertiary/aromatic N) is 3. The normalized spacial score (nSPS) is 12.7. The van der Waals surface area contributed by atoms with Gasteiger partial charge in [-0.05, 0) is 66.9 Å². The van der Waals surface area contributed by atoms with Crippen LogP contribution in [0, 0.1) is 0 Å². The predicted octanol–water partition coefficient (Wildman–Crippen LogP) is 5.84. The third kappa shape index (κ3) is 5.42. The number of fused-ring (bicyclic) bond motifs is 1. The van der Waals surface area contributed by atoms with Crippen molar-refractivity contribution in [3.8, 4) is 28.3 Å². The first-order valence-corrected chi connectivity index (χ1v) is 12.3. The lowest BCUT2D eigenvalue weighted by atomic mass is 10.0. The van der Waals surface area contributed by atoms with Gasteiger partial charge in [0.2, 0.25) is 5.88 Å². The Labute approximate surface area is 221 Å². The standard InChI is InChI=1S/C29H25F3N4O3/c1-17(2)39-26-9-7-21(15-33-26)28-23-13-18(6-8-24(23)34-35-28)19-10-11-36(27(38)14-19)25(16-37)20-4-3-5-22(12-20)29(30,31)32/h3-15,17,25,37H,16H2,1-2H3,(H,34,35). The molecule has 5 rings (SSSR count). The molecule has 0 saturated heterocycles. The average molecular weight is 535 g/mol. The van der Waals surface area contributed by atoms with Crippen LogP contribution in [-0.2, 0) is 6.18 Å². The first-order chi connectivity index (χ1) is 18.6. The van der Waals surface area contributed by atoms with Gasteiger partial charge in [-0.2, -0.15) is 18.3 Å². The lowest BCUT2D eigenvalue weighted by molar-refractivity contribution is -0.137. The number of benzene rings is 2. The van der Waals surface area contributed by atoms with E-state index in [1.807, 2.05) is 38.1 Å². The van der Waals surface area contributed by atoms with E-state index in [9.17, 15) is 23.1 Å². The summed E-state index contributed by atoms with van der Waals surface area (Å²) in [5, 5.41) is 18.2. The molecule has 0 radical (unpaired) electrons. The van der Waals surface area contributed by atoms with Gasteiger partial charge in [0.05, 0.1) is 29.8 Å². The fourth-order valence-electron chi connectivity index (χ4n) is 4.45. The molecule has 0 spiro atoms. The minimum absolute atomic E-state index is 0.00490. The molecule has 2 N–H and O–H groups in total. The van der Waals surface area contributed by atoms with Crippen LogP contribution < -0.4 is 10.3 Å². The van der Waals surface area contributed by atoms with Gasteiger partial charge in [-0.1, -0.05) is 18.2 Å². The molecular weight excluding hydrogens is 509 g/mol. The predicted molar refractivity (Wildman–Crippen MR) is 141 cm³/mol. The summed E-state index contributed by atoms with van der Waals surface area (Å²) in [7, 11) is 0. The van der Waals surface area contributed by atoms with Crippen LogP contribution in [0.15, 0.2) is 83.9 Å². The smallest absolute Gasteiger partial charge is 0.416 e. The van der Waals surface area contributed by atoms with Gasteiger partial charge in [-0.15, -0.1) is 0 Å². The zero-order chi connectivity index (χ0) is 27.7. The van der Waals surface area contributed by atoms with E-state index in [0.29, 0.717) is 17.1 Å². The molecule has 2 aromatic carbocycles. The summed E-state index contributed by atoms with van der Waals surface area (Å²) < 4.78 is 46.4. The number of halogens is 3. The van der Waals surface area contributed by atoms with Crippen molar-refractivity contribution < 1.29 is 23.0 Å². The average Bonchev–Trinajstić information content (AvgIpc) is 3.33. The van der Waals surface area contributed by atoms with Crippen molar-refractivity contribution in [1.82, 2.24) is 19.7 Å². The maximum atomic E-state index is 13.2. The quantitative estimate of drug-likeness (QED) is 0.274. The lowest BCUT2D eigenvalue weighted by Gasteiger charge is -2.19. The fourth-order valence-corrected chi connectivity index (χ4v) is 4.45. The number of aliphatic hydroxyl groups excluding tert-OH is 1. The maximum absolute atomic E-state index is 13.2. The number of rotatable bonds is 7. The van der Waals surface area contributed by atoms with Gasteiger partial charge < -0.3 is 14.4 Å². The lowest BCUT2D eigenvalue weighted by Crippen LogP contribution is -2.27. The SMILES string of the molecule is CC(C)Oc1ccc(-c2n[nH]c3ccc(-c4ccn(C(CO)c5cccc(C(F)(F)F)c5)c(=O)c4)cc23)cn1. The third-order valence-electron chi connectivity index (χ3n) is 6.32.